The minimum atomic E-state index is 1.07. The molecule has 0 spiro atoms. The second-order valence-corrected chi connectivity index (χ2v) is 3.46. The lowest BCUT2D eigenvalue weighted by Gasteiger charge is -2.06. The summed E-state index contributed by atoms with van der Waals surface area (Å²) in [6, 6.07) is 0. The summed E-state index contributed by atoms with van der Waals surface area (Å²) in [6.07, 6.45) is 2.93. The molecule has 0 aliphatic carbocycles. The standard InChI is InChI=1S/C7H12N2S/c1-9(2)5-3-7-8-4-6-10-7/h4,6H,3,5H2,1-2H3. The van der Waals surface area contributed by atoms with Gasteiger partial charge in [-0.15, -0.1) is 11.3 Å². The highest BCUT2D eigenvalue weighted by atomic mass is 32.1. The number of rotatable bonds is 3. The van der Waals surface area contributed by atoms with E-state index >= 15 is 0 Å². The lowest BCUT2D eigenvalue weighted by molar-refractivity contribution is 0.413. The van der Waals surface area contributed by atoms with Crippen LogP contribution in [0.4, 0.5) is 0 Å². The van der Waals surface area contributed by atoms with Crippen LogP contribution in [0, 0.1) is 0 Å². The van der Waals surface area contributed by atoms with E-state index in [2.05, 4.69) is 24.0 Å². The van der Waals surface area contributed by atoms with Gasteiger partial charge in [0.05, 0.1) is 5.01 Å². The van der Waals surface area contributed by atoms with E-state index in [9.17, 15) is 0 Å². The van der Waals surface area contributed by atoms with Gasteiger partial charge in [-0.25, -0.2) is 4.98 Å². The first kappa shape index (κ1) is 7.69. The summed E-state index contributed by atoms with van der Waals surface area (Å²) in [4.78, 5) is 6.35. The van der Waals surface area contributed by atoms with Gasteiger partial charge in [0.1, 0.15) is 0 Å². The second kappa shape index (κ2) is 3.68. The van der Waals surface area contributed by atoms with Crippen molar-refractivity contribution in [3.8, 4) is 0 Å². The van der Waals surface area contributed by atoms with Gasteiger partial charge in [0.25, 0.3) is 0 Å². The van der Waals surface area contributed by atoms with E-state index in [0.717, 1.165) is 13.0 Å². The van der Waals surface area contributed by atoms with Crippen molar-refractivity contribution in [2.45, 2.75) is 6.42 Å². The van der Waals surface area contributed by atoms with Crippen molar-refractivity contribution < 1.29 is 0 Å². The largest absolute Gasteiger partial charge is 0.309 e. The Morgan fingerprint density at radius 2 is 2.40 bits per heavy atom. The first-order chi connectivity index (χ1) is 4.79. The Kier molecular flexibility index (Phi) is 2.83. The highest BCUT2D eigenvalue weighted by Crippen LogP contribution is 2.04. The summed E-state index contributed by atoms with van der Waals surface area (Å²) in [5, 5.41) is 3.25. The van der Waals surface area contributed by atoms with Gasteiger partial charge in [0, 0.05) is 24.5 Å². The van der Waals surface area contributed by atoms with Gasteiger partial charge in [0.2, 0.25) is 0 Å². The van der Waals surface area contributed by atoms with Crippen LogP contribution in [0.25, 0.3) is 0 Å². The molecular formula is C7H12N2S. The predicted molar refractivity (Wildman–Crippen MR) is 44.4 cm³/mol. The molecule has 0 fully saturated rings. The Hall–Kier alpha value is -0.410. The summed E-state index contributed by atoms with van der Waals surface area (Å²) in [7, 11) is 4.15. The van der Waals surface area contributed by atoms with E-state index in [1.165, 1.54) is 5.01 Å². The lowest BCUT2D eigenvalue weighted by atomic mass is 10.4. The van der Waals surface area contributed by atoms with E-state index in [-0.39, 0.29) is 0 Å². The van der Waals surface area contributed by atoms with Crippen LogP contribution in [0.3, 0.4) is 0 Å². The number of hydrogen-bond acceptors (Lipinski definition) is 3. The van der Waals surface area contributed by atoms with Gasteiger partial charge in [-0.1, -0.05) is 0 Å². The van der Waals surface area contributed by atoms with E-state index in [1.54, 1.807) is 11.3 Å². The summed E-state index contributed by atoms with van der Waals surface area (Å²) in [6.45, 7) is 1.09. The fraction of sp³-hybridized carbons (Fsp3) is 0.571. The zero-order valence-corrected chi connectivity index (χ0v) is 7.19. The number of thiazole rings is 1. The molecular weight excluding hydrogens is 144 g/mol. The van der Waals surface area contributed by atoms with Crippen LogP contribution in [0.2, 0.25) is 0 Å². The molecule has 0 aliphatic rings. The van der Waals surface area contributed by atoms with Crippen LogP contribution in [-0.2, 0) is 6.42 Å². The topological polar surface area (TPSA) is 16.1 Å². The normalized spacial score (nSPS) is 10.7. The van der Waals surface area contributed by atoms with Crippen molar-refractivity contribution in [1.82, 2.24) is 9.88 Å². The van der Waals surface area contributed by atoms with Gasteiger partial charge in [-0.2, -0.15) is 0 Å². The van der Waals surface area contributed by atoms with Gasteiger partial charge < -0.3 is 4.90 Å². The molecule has 1 rings (SSSR count). The van der Waals surface area contributed by atoms with Gasteiger partial charge in [-0.05, 0) is 14.1 Å². The van der Waals surface area contributed by atoms with Crippen LogP contribution in [0.5, 0.6) is 0 Å². The smallest absolute Gasteiger partial charge is 0.0937 e. The van der Waals surface area contributed by atoms with Crippen molar-refractivity contribution in [1.29, 1.82) is 0 Å². The second-order valence-electron chi connectivity index (χ2n) is 2.48. The molecule has 0 aromatic carbocycles. The molecule has 3 heteroatoms. The highest BCUT2D eigenvalue weighted by Gasteiger charge is 1.94. The molecule has 0 atom stereocenters. The quantitative estimate of drug-likeness (QED) is 0.654. The molecule has 0 unspecified atom stereocenters. The molecule has 0 bridgehead atoms. The van der Waals surface area contributed by atoms with Crippen molar-refractivity contribution in [2.75, 3.05) is 20.6 Å². The molecule has 0 amide bonds. The molecule has 1 aromatic heterocycles. The fourth-order valence-corrected chi connectivity index (χ4v) is 1.31. The Labute approximate surface area is 65.5 Å². The van der Waals surface area contributed by atoms with Crippen LogP contribution >= 0.6 is 11.3 Å². The maximum absolute atomic E-state index is 4.18. The average Bonchev–Trinajstić information content (AvgIpc) is 2.34. The molecule has 10 heavy (non-hydrogen) atoms. The predicted octanol–water partition coefficient (Wildman–Crippen LogP) is 1.25. The van der Waals surface area contributed by atoms with Crippen LogP contribution < -0.4 is 0 Å². The van der Waals surface area contributed by atoms with Crippen molar-refractivity contribution in [3.63, 3.8) is 0 Å². The van der Waals surface area contributed by atoms with Crippen molar-refractivity contribution in [2.24, 2.45) is 0 Å². The number of aromatic nitrogens is 1. The van der Waals surface area contributed by atoms with Crippen LogP contribution in [0.1, 0.15) is 5.01 Å². The molecule has 0 saturated carbocycles. The Balaban J connectivity index is 2.28. The maximum atomic E-state index is 4.18. The SMILES string of the molecule is CN(C)CCc1nccs1. The van der Waals surface area contributed by atoms with Crippen molar-refractivity contribution >= 4 is 11.3 Å². The third-order valence-electron chi connectivity index (χ3n) is 1.26. The molecule has 0 aliphatic heterocycles. The van der Waals surface area contributed by atoms with Crippen molar-refractivity contribution in [3.05, 3.63) is 16.6 Å². The third kappa shape index (κ3) is 2.45. The molecule has 56 valence electrons. The minimum absolute atomic E-state index is 1.07. The lowest BCUT2D eigenvalue weighted by Crippen LogP contribution is -2.14. The average molecular weight is 156 g/mol. The molecule has 1 aromatic rings. The van der Waals surface area contributed by atoms with Gasteiger partial charge >= 0.3 is 0 Å². The molecule has 2 nitrogen and oxygen atoms in total. The van der Waals surface area contributed by atoms with E-state index in [0.29, 0.717) is 0 Å². The van der Waals surface area contributed by atoms with E-state index < -0.39 is 0 Å². The Morgan fingerprint density at radius 3 is 2.90 bits per heavy atom. The van der Waals surface area contributed by atoms with Crippen LogP contribution in [0.15, 0.2) is 11.6 Å². The first-order valence-corrected chi connectivity index (χ1v) is 4.20. The first-order valence-electron chi connectivity index (χ1n) is 3.32. The maximum Gasteiger partial charge on any atom is 0.0937 e. The summed E-state index contributed by atoms with van der Waals surface area (Å²) in [5.74, 6) is 0. The molecule has 1 heterocycles. The number of nitrogens with zero attached hydrogens (tertiary/aromatic N) is 2. The summed E-state index contributed by atoms with van der Waals surface area (Å²) >= 11 is 1.73. The molecule has 0 saturated heterocycles. The highest BCUT2D eigenvalue weighted by molar-refractivity contribution is 7.09. The monoisotopic (exact) mass is 156 g/mol. The summed E-state index contributed by atoms with van der Waals surface area (Å²) in [5.41, 5.74) is 0. The van der Waals surface area contributed by atoms with Gasteiger partial charge in [-0.3, -0.25) is 0 Å². The third-order valence-corrected chi connectivity index (χ3v) is 2.10. The Morgan fingerprint density at radius 1 is 1.60 bits per heavy atom. The van der Waals surface area contributed by atoms with E-state index in [1.807, 2.05) is 11.6 Å². The number of likely N-dealkylation sites (N-methyl/N-ethyl adjacent to an activating group) is 1. The van der Waals surface area contributed by atoms with Crippen LogP contribution in [-0.4, -0.2) is 30.5 Å². The molecule has 0 radical (unpaired) electrons. The number of hydrogen-bond donors (Lipinski definition) is 0. The molecule has 0 N–H and O–H groups in total. The zero-order valence-electron chi connectivity index (χ0n) is 6.37. The minimum Gasteiger partial charge on any atom is -0.309 e. The fourth-order valence-electron chi connectivity index (χ4n) is 0.696. The van der Waals surface area contributed by atoms with Gasteiger partial charge in [0.15, 0.2) is 0 Å². The zero-order chi connectivity index (χ0) is 7.40. The van der Waals surface area contributed by atoms with E-state index in [4.69, 9.17) is 0 Å². The Bertz CT molecular complexity index is 170. The summed E-state index contributed by atoms with van der Waals surface area (Å²) < 4.78 is 0.